The van der Waals surface area contributed by atoms with Gasteiger partial charge in [-0.2, -0.15) is 4.98 Å². The first-order chi connectivity index (χ1) is 15.3. The molecule has 0 radical (unpaired) electrons. The number of hydrogen-bond donors (Lipinski definition) is 1. The normalized spacial score (nSPS) is 15.3. The van der Waals surface area contributed by atoms with Crippen molar-refractivity contribution in [3.05, 3.63) is 50.2 Å². The van der Waals surface area contributed by atoms with Crippen LogP contribution in [0.4, 0.5) is 5.95 Å². The number of morpholine rings is 1. The molecule has 1 N–H and O–H groups in total. The Morgan fingerprint density at radius 1 is 1.12 bits per heavy atom. The van der Waals surface area contributed by atoms with Gasteiger partial charge in [0.1, 0.15) is 18.5 Å². The third-order valence-electron chi connectivity index (χ3n) is 5.94. The maximum atomic E-state index is 13.0. The van der Waals surface area contributed by atoms with Crippen molar-refractivity contribution in [3.8, 4) is 5.75 Å². The maximum absolute atomic E-state index is 13.0. The Labute approximate surface area is 185 Å². The topological polar surface area (TPSA) is 104 Å². The summed E-state index contributed by atoms with van der Waals surface area (Å²) in [6, 6.07) is 5.77. The summed E-state index contributed by atoms with van der Waals surface area (Å²) in [7, 11) is 3.03. The van der Waals surface area contributed by atoms with E-state index in [1.165, 1.54) is 17.2 Å². The predicted octanol–water partition coefficient (Wildman–Crippen LogP) is 0.327. The zero-order chi connectivity index (χ0) is 23.0. The molecule has 0 bridgehead atoms. The third-order valence-corrected chi connectivity index (χ3v) is 5.94. The van der Waals surface area contributed by atoms with Gasteiger partial charge in [-0.3, -0.25) is 13.9 Å². The van der Waals surface area contributed by atoms with Crippen LogP contribution >= 0.6 is 0 Å². The van der Waals surface area contributed by atoms with Crippen molar-refractivity contribution in [1.82, 2.24) is 18.7 Å². The molecule has 3 aromatic rings. The smallest absolute Gasteiger partial charge is 0.332 e. The summed E-state index contributed by atoms with van der Waals surface area (Å²) in [5, 5.41) is 10.8. The van der Waals surface area contributed by atoms with E-state index < -0.39 is 17.4 Å². The molecule has 10 heteroatoms. The van der Waals surface area contributed by atoms with E-state index in [0.717, 1.165) is 10.1 Å². The second kappa shape index (κ2) is 8.79. The van der Waals surface area contributed by atoms with Crippen LogP contribution in [0, 0.1) is 13.8 Å². The summed E-state index contributed by atoms with van der Waals surface area (Å²) in [4.78, 5) is 32.0. The molecule has 1 aliphatic heterocycles. The predicted molar refractivity (Wildman–Crippen MR) is 121 cm³/mol. The van der Waals surface area contributed by atoms with Gasteiger partial charge in [0.25, 0.3) is 5.56 Å². The average Bonchev–Trinajstić information content (AvgIpc) is 3.17. The average molecular weight is 444 g/mol. The highest BCUT2D eigenvalue weighted by molar-refractivity contribution is 5.74. The van der Waals surface area contributed by atoms with E-state index in [1.54, 1.807) is 11.6 Å². The molecule has 0 saturated carbocycles. The Kier molecular flexibility index (Phi) is 6.07. The monoisotopic (exact) mass is 443 g/mol. The molecule has 1 fully saturated rings. The minimum atomic E-state index is -0.893. The molecule has 1 aromatic carbocycles. The van der Waals surface area contributed by atoms with Crippen molar-refractivity contribution in [2.45, 2.75) is 26.5 Å². The van der Waals surface area contributed by atoms with E-state index in [9.17, 15) is 14.7 Å². The first kappa shape index (κ1) is 22.1. The van der Waals surface area contributed by atoms with Crippen LogP contribution in [0.3, 0.4) is 0 Å². The van der Waals surface area contributed by atoms with Crippen LogP contribution in [-0.4, -0.2) is 62.8 Å². The molecule has 172 valence electrons. The van der Waals surface area contributed by atoms with Gasteiger partial charge in [-0.05, 0) is 37.1 Å². The number of imidazole rings is 1. The van der Waals surface area contributed by atoms with Crippen LogP contribution in [0.1, 0.15) is 11.1 Å². The molecule has 1 aliphatic rings. The highest BCUT2D eigenvalue weighted by atomic mass is 16.5. The molecule has 10 nitrogen and oxygen atoms in total. The fourth-order valence-electron chi connectivity index (χ4n) is 3.87. The number of nitrogens with zero attached hydrogens (tertiary/aromatic N) is 5. The number of aliphatic hydroxyl groups is 1. The van der Waals surface area contributed by atoms with Gasteiger partial charge in [-0.25, -0.2) is 4.79 Å². The van der Waals surface area contributed by atoms with Gasteiger partial charge in [0.2, 0.25) is 5.95 Å². The Hall–Kier alpha value is -3.11. The van der Waals surface area contributed by atoms with Crippen LogP contribution < -0.4 is 20.9 Å². The lowest BCUT2D eigenvalue weighted by Crippen LogP contribution is -2.39. The summed E-state index contributed by atoms with van der Waals surface area (Å²) in [5.41, 5.74) is 1.95. The molecule has 4 rings (SSSR count). The third kappa shape index (κ3) is 4.03. The summed E-state index contributed by atoms with van der Waals surface area (Å²) >= 11 is 0. The number of anilines is 1. The van der Waals surface area contributed by atoms with Gasteiger partial charge in [-0.1, -0.05) is 6.07 Å². The SMILES string of the molecule is Cc1ccc(OC[C@H](O)Cn2c(N3CCOCC3)nc3c2c(=O)n(C)c(=O)n3C)cc1C. The summed E-state index contributed by atoms with van der Waals surface area (Å²) < 4.78 is 15.3. The second-order valence-corrected chi connectivity index (χ2v) is 8.21. The van der Waals surface area contributed by atoms with E-state index in [1.807, 2.05) is 36.9 Å². The summed E-state index contributed by atoms with van der Waals surface area (Å²) in [6.45, 7) is 6.47. The Balaban J connectivity index is 1.68. The largest absolute Gasteiger partial charge is 0.491 e. The molecule has 0 amide bonds. The van der Waals surface area contributed by atoms with Crippen LogP contribution in [-0.2, 0) is 25.4 Å². The first-order valence-corrected chi connectivity index (χ1v) is 10.6. The van der Waals surface area contributed by atoms with E-state index in [-0.39, 0.29) is 18.7 Å². The lowest BCUT2D eigenvalue weighted by molar-refractivity contribution is 0.0927. The molecule has 0 aliphatic carbocycles. The second-order valence-electron chi connectivity index (χ2n) is 8.21. The summed E-state index contributed by atoms with van der Waals surface area (Å²) in [6.07, 6.45) is -0.893. The number of fused-ring (bicyclic) bond motifs is 1. The number of hydrogen-bond acceptors (Lipinski definition) is 7. The van der Waals surface area contributed by atoms with Crippen molar-refractivity contribution in [2.75, 3.05) is 37.8 Å². The van der Waals surface area contributed by atoms with E-state index in [2.05, 4.69) is 4.98 Å². The van der Waals surface area contributed by atoms with Crippen LogP contribution in [0.5, 0.6) is 5.75 Å². The molecule has 2 aromatic heterocycles. The quantitative estimate of drug-likeness (QED) is 0.585. The number of aliphatic hydroxyl groups excluding tert-OH is 1. The van der Waals surface area contributed by atoms with Crippen LogP contribution in [0.25, 0.3) is 11.2 Å². The fourth-order valence-corrected chi connectivity index (χ4v) is 3.87. The van der Waals surface area contributed by atoms with Crippen LogP contribution in [0.2, 0.25) is 0 Å². The number of ether oxygens (including phenoxy) is 2. The van der Waals surface area contributed by atoms with Gasteiger partial charge < -0.3 is 24.0 Å². The number of aromatic nitrogens is 4. The lowest BCUT2D eigenvalue weighted by atomic mass is 10.1. The van der Waals surface area contributed by atoms with E-state index in [4.69, 9.17) is 9.47 Å². The Morgan fingerprint density at radius 3 is 2.53 bits per heavy atom. The highest BCUT2D eigenvalue weighted by Gasteiger charge is 2.25. The van der Waals surface area contributed by atoms with Crippen LogP contribution in [0.15, 0.2) is 27.8 Å². The summed E-state index contributed by atoms with van der Waals surface area (Å²) in [5.74, 6) is 1.21. The minimum Gasteiger partial charge on any atom is -0.491 e. The van der Waals surface area contributed by atoms with Gasteiger partial charge in [0.15, 0.2) is 11.2 Å². The molecular formula is C22H29N5O5. The Bertz CT molecular complexity index is 1250. The highest BCUT2D eigenvalue weighted by Crippen LogP contribution is 2.22. The van der Waals surface area contributed by atoms with Crippen molar-refractivity contribution in [2.24, 2.45) is 14.1 Å². The molecule has 1 saturated heterocycles. The molecule has 1 atom stereocenters. The first-order valence-electron chi connectivity index (χ1n) is 10.6. The fraction of sp³-hybridized carbons (Fsp3) is 0.500. The molecule has 3 heterocycles. The Morgan fingerprint density at radius 2 is 1.84 bits per heavy atom. The standard InChI is InChI=1S/C22H29N5O5/c1-14-5-6-17(11-15(14)2)32-13-16(28)12-27-18-19(24(3)22(30)25(4)20(18)29)23-21(27)26-7-9-31-10-8-26/h5-6,11,16,28H,7-10,12-13H2,1-4H3/t16-/m1/s1. The zero-order valence-electron chi connectivity index (χ0n) is 18.9. The van der Waals surface area contributed by atoms with Crippen molar-refractivity contribution in [3.63, 3.8) is 0 Å². The van der Waals surface area contributed by atoms with Gasteiger partial charge in [0, 0.05) is 27.2 Å². The maximum Gasteiger partial charge on any atom is 0.332 e. The van der Waals surface area contributed by atoms with Crippen molar-refractivity contribution in [1.29, 1.82) is 0 Å². The number of benzene rings is 1. The minimum absolute atomic E-state index is 0.0524. The van der Waals surface area contributed by atoms with E-state index >= 15 is 0 Å². The number of aryl methyl sites for hydroxylation is 3. The van der Waals surface area contributed by atoms with Crippen molar-refractivity contribution < 1.29 is 14.6 Å². The number of rotatable bonds is 6. The van der Waals surface area contributed by atoms with Gasteiger partial charge in [0.05, 0.1) is 19.8 Å². The van der Waals surface area contributed by atoms with Gasteiger partial charge >= 0.3 is 5.69 Å². The molecule has 0 spiro atoms. The van der Waals surface area contributed by atoms with Gasteiger partial charge in [-0.15, -0.1) is 0 Å². The lowest BCUT2D eigenvalue weighted by Gasteiger charge is -2.28. The van der Waals surface area contributed by atoms with Crippen molar-refractivity contribution >= 4 is 17.1 Å². The molecular weight excluding hydrogens is 414 g/mol. The molecule has 32 heavy (non-hydrogen) atoms. The molecule has 0 unspecified atom stereocenters. The zero-order valence-corrected chi connectivity index (χ0v) is 18.9. The van der Waals surface area contributed by atoms with E-state index in [0.29, 0.717) is 43.6 Å².